The van der Waals surface area contributed by atoms with Crippen LogP contribution in [-0.4, -0.2) is 6.61 Å². The Morgan fingerprint density at radius 1 is 1.43 bits per heavy atom. The van der Waals surface area contributed by atoms with Crippen LogP contribution in [0.5, 0.6) is 5.75 Å². The summed E-state index contributed by atoms with van der Waals surface area (Å²) in [5.41, 5.74) is 2.04. The van der Waals surface area contributed by atoms with Gasteiger partial charge in [-0.3, -0.25) is 4.52 Å². The van der Waals surface area contributed by atoms with Crippen molar-refractivity contribution in [2.45, 2.75) is 6.92 Å². The molecule has 0 amide bonds. The fraction of sp³-hybridized carbons (Fsp3) is 0.200. The van der Waals surface area contributed by atoms with Crippen molar-refractivity contribution in [3.05, 3.63) is 30.3 Å². The summed E-state index contributed by atoms with van der Waals surface area (Å²) in [6.07, 6.45) is 5.08. The molecule has 74 valence electrons. The Kier molecular flexibility index (Phi) is 3.76. The zero-order chi connectivity index (χ0) is 10.4. The Bertz CT molecular complexity index is 367. The van der Waals surface area contributed by atoms with Gasteiger partial charge in [0.15, 0.2) is 0 Å². The van der Waals surface area contributed by atoms with Crippen molar-refractivity contribution in [3.8, 4) is 17.8 Å². The van der Waals surface area contributed by atoms with Gasteiger partial charge < -0.3 is 4.52 Å². The fourth-order valence-corrected chi connectivity index (χ4v) is 1.80. The molecule has 3 nitrogen and oxygen atoms in total. The van der Waals surface area contributed by atoms with Crippen molar-refractivity contribution in [1.82, 2.24) is 0 Å². The lowest BCUT2D eigenvalue weighted by atomic mass is 10.3. The Balaban J connectivity index is 2.77. The third-order valence-corrected chi connectivity index (χ3v) is 2.79. The number of para-hydroxylation sites is 1. The van der Waals surface area contributed by atoms with Crippen LogP contribution in [0, 0.1) is 12.1 Å². The lowest BCUT2D eigenvalue weighted by molar-refractivity contribution is 0.290. The first-order valence-electron chi connectivity index (χ1n) is 4.17. The first-order chi connectivity index (χ1) is 6.70. The molecule has 0 saturated heterocycles. The van der Waals surface area contributed by atoms with Crippen molar-refractivity contribution in [2.24, 2.45) is 0 Å². The van der Waals surface area contributed by atoms with Gasteiger partial charge in [-0.15, -0.1) is 6.42 Å². The third-order valence-electron chi connectivity index (χ3n) is 1.43. The van der Waals surface area contributed by atoms with E-state index < -0.39 is 7.60 Å². The maximum absolute atomic E-state index is 11.7. The summed E-state index contributed by atoms with van der Waals surface area (Å²) in [6, 6.07) is 8.70. The van der Waals surface area contributed by atoms with Crippen LogP contribution in [0.2, 0.25) is 0 Å². The Morgan fingerprint density at radius 3 is 2.57 bits per heavy atom. The van der Waals surface area contributed by atoms with Crippen LogP contribution in [-0.2, 0) is 9.09 Å². The molecule has 4 heteroatoms. The first-order valence-corrected chi connectivity index (χ1v) is 5.71. The lowest BCUT2D eigenvalue weighted by Crippen LogP contribution is -1.95. The molecule has 1 atom stereocenters. The average molecular weight is 210 g/mol. The summed E-state index contributed by atoms with van der Waals surface area (Å²) < 4.78 is 21.6. The molecule has 0 bridgehead atoms. The van der Waals surface area contributed by atoms with Crippen LogP contribution >= 0.6 is 7.60 Å². The van der Waals surface area contributed by atoms with E-state index in [1.807, 2.05) is 11.7 Å². The van der Waals surface area contributed by atoms with E-state index in [0.29, 0.717) is 5.75 Å². The van der Waals surface area contributed by atoms with Crippen molar-refractivity contribution >= 4 is 7.60 Å². The minimum Gasteiger partial charge on any atom is -0.416 e. The molecule has 1 aromatic carbocycles. The molecule has 0 radical (unpaired) electrons. The van der Waals surface area contributed by atoms with Crippen LogP contribution < -0.4 is 4.52 Å². The molecule has 0 saturated carbocycles. The van der Waals surface area contributed by atoms with Crippen LogP contribution in [0.3, 0.4) is 0 Å². The standard InChI is InChI=1S/C10H11O3P/c1-3-12-14(11,4-2)13-10-8-6-5-7-9-10/h2,5-9H,3H2,1H3/t14-/m1/s1. The van der Waals surface area contributed by atoms with Crippen molar-refractivity contribution in [2.75, 3.05) is 6.61 Å². The van der Waals surface area contributed by atoms with Crippen LogP contribution in [0.25, 0.3) is 0 Å². The molecule has 0 aliphatic carbocycles. The summed E-state index contributed by atoms with van der Waals surface area (Å²) in [4.78, 5) is 0. The van der Waals surface area contributed by atoms with E-state index in [4.69, 9.17) is 15.5 Å². The summed E-state index contributed by atoms with van der Waals surface area (Å²) in [7, 11) is -3.39. The van der Waals surface area contributed by atoms with E-state index in [1.165, 1.54) is 0 Å². The van der Waals surface area contributed by atoms with Gasteiger partial charge in [-0.05, 0) is 19.1 Å². The van der Waals surface area contributed by atoms with Gasteiger partial charge in [0.05, 0.1) is 6.61 Å². The van der Waals surface area contributed by atoms with E-state index in [0.717, 1.165) is 0 Å². The fourth-order valence-electron chi connectivity index (χ4n) is 0.880. The van der Waals surface area contributed by atoms with E-state index in [2.05, 4.69) is 0 Å². The normalized spacial score (nSPS) is 14.0. The minimum atomic E-state index is -3.39. The number of terminal acetylenes is 1. The van der Waals surface area contributed by atoms with E-state index in [-0.39, 0.29) is 6.61 Å². The number of hydrogen-bond acceptors (Lipinski definition) is 3. The molecule has 0 aromatic heterocycles. The highest BCUT2D eigenvalue weighted by Crippen LogP contribution is 2.46. The van der Waals surface area contributed by atoms with Gasteiger partial charge >= 0.3 is 7.60 Å². The predicted molar refractivity (Wildman–Crippen MR) is 55.1 cm³/mol. The minimum absolute atomic E-state index is 0.258. The summed E-state index contributed by atoms with van der Waals surface area (Å²) in [5.74, 6) is 0.447. The van der Waals surface area contributed by atoms with E-state index >= 15 is 0 Å². The SMILES string of the molecule is C#C[P@@](=O)(OCC)Oc1ccccc1. The summed E-state index contributed by atoms with van der Waals surface area (Å²) in [5, 5.41) is 0. The molecule has 0 fully saturated rings. The molecule has 14 heavy (non-hydrogen) atoms. The second-order valence-corrected chi connectivity index (χ2v) is 4.14. The third kappa shape index (κ3) is 2.92. The second kappa shape index (κ2) is 4.85. The van der Waals surface area contributed by atoms with Gasteiger partial charge in [0.1, 0.15) is 5.75 Å². The first kappa shape index (κ1) is 10.8. The molecular weight excluding hydrogens is 199 g/mol. The Hall–Kier alpha value is -1.23. The largest absolute Gasteiger partial charge is 0.456 e. The molecule has 0 unspecified atom stereocenters. The highest BCUT2D eigenvalue weighted by Gasteiger charge is 2.21. The van der Waals surface area contributed by atoms with Gasteiger partial charge in [0.2, 0.25) is 0 Å². The number of benzene rings is 1. The maximum atomic E-state index is 11.7. The van der Waals surface area contributed by atoms with Crippen LogP contribution in [0.4, 0.5) is 0 Å². The maximum Gasteiger partial charge on any atom is 0.456 e. The zero-order valence-electron chi connectivity index (χ0n) is 7.84. The zero-order valence-corrected chi connectivity index (χ0v) is 8.74. The predicted octanol–water partition coefficient (Wildman–Crippen LogP) is 2.89. The van der Waals surface area contributed by atoms with Gasteiger partial charge in [-0.25, -0.2) is 4.57 Å². The number of rotatable bonds is 4. The van der Waals surface area contributed by atoms with E-state index in [1.54, 1.807) is 31.2 Å². The Morgan fingerprint density at radius 2 is 2.07 bits per heavy atom. The molecule has 1 rings (SSSR count). The lowest BCUT2D eigenvalue weighted by Gasteiger charge is -2.12. The Labute approximate surface area is 83.6 Å². The van der Waals surface area contributed by atoms with Crippen molar-refractivity contribution in [3.63, 3.8) is 0 Å². The topological polar surface area (TPSA) is 35.5 Å². The molecule has 0 aliphatic rings. The highest BCUT2D eigenvalue weighted by atomic mass is 31.2. The molecule has 0 aliphatic heterocycles. The van der Waals surface area contributed by atoms with Gasteiger partial charge in [-0.1, -0.05) is 18.2 Å². The number of hydrogen-bond donors (Lipinski definition) is 0. The summed E-state index contributed by atoms with van der Waals surface area (Å²) in [6.45, 7) is 1.96. The molecule has 0 N–H and O–H groups in total. The quantitative estimate of drug-likeness (QED) is 0.566. The molecular formula is C10H11O3P. The molecule has 0 spiro atoms. The highest BCUT2D eigenvalue weighted by molar-refractivity contribution is 7.59. The average Bonchev–Trinajstić information content (AvgIpc) is 2.20. The second-order valence-electron chi connectivity index (χ2n) is 2.45. The van der Waals surface area contributed by atoms with Gasteiger partial charge in [-0.2, -0.15) is 0 Å². The van der Waals surface area contributed by atoms with Crippen LogP contribution in [0.15, 0.2) is 30.3 Å². The summed E-state index contributed by atoms with van der Waals surface area (Å²) >= 11 is 0. The van der Waals surface area contributed by atoms with E-state index in [9.17, 15) is 4.57 Å². The van der Waals surface area contributed by atoms with Crippen molar-refractivity contribution < 1.29 is 13.6 Å². The van der Waals surface area contributed by atoms with Crippen molar-refractivity contribution in [1.29, 1.82) is 0 Å². The smallest absolute Gasteiger partial charge is 0.416 e. The van der Waals surface area contributed by atoms with Gasteiger partial charge in [0, 0.05) is 5.66 Å². The molecule has 1 aromatic rings. The monoisotopic (exact) mass is 210 g/mol. The molecule has 0 heterocycles. The van der Waals surface area contributed by atoms with Gasteiger partial charge in [0.25, 0.3) is 0 Å². The van der Waals surface area contributed by atoms with Crippen LogP contribution in [0.1, 0.15) is 6.92 Å².